The standard InChI is InChI=1S/C12H17F2N3O/c1-16(9-2-4-10(18)5-3-9)8-11-15-6-7-17(11)12(13)14/h6-7,9,12H,2-5,8H2,1H3. The fraction of sp³-hybridized carbons (Fsp3) is 0.667. The molecule has 1 aliphatic rings. The molecule has 1 aromatic rings. The van der Waals surface area contributed by atoms with Gasteiger partial charge >= 0.3 is 6.55 Å². The molecule has 6 heteroatoms. The first-order chi connectivity index (χ1) is 8.58. The van der Waals surface area contributed by atoms with Crippen LogP contribution in [0.2, 0.25) is 0 Å². The Labute approximate surface area is 105 Å². The highest BCUT2D eigenvalue weighted by atomic mass is 19.3. The molecule has 100 valence electrons. The molecule has 18 heavy (non-hydrogen) atoms. The number of halogens is 2. The van der Waals surface area contributed by atoms with E-state index < -0.39 is 6.55 Å². The number of carbonyl (C=O) groups excluding carboxylic acids is 1. The van der Waals surface area contributed by atoms with Gasteiger partial charge in [0, 0.05) is 31.3 Å². The van der Waals surface area contributed by atoms with Crippen LogP contribution in [0.1, 0.15) is 38.1 Å². The maximum atomic E-state index is 12.7. The van der Waals surface area contributed by atoms with Crippen LogP contribution in [-0.4, -0.2) is 33.3 Å². The molecule has 0 saturated heterocycles. The molecule has 1 saturated carbocycles. The lowest BCUT2D eigenvalue weighted by molar-refractivity contribution is -0.121. The second-order valence-corrected chi connectivity index (χ2v) is 4.71. The topological polar surface area (TPSA) is 38.1 Å². The minimum Gasteiger partial charge on any atom is -0.300 e. The third-order valence-electron chi connectivity index (χ3n) is 3.49. The van der Waals surface area contributed by atoms with Gasteiger partial charge in [0.2, 0.25) is 0 Å². The van der Waals surface area contributed by atoms with Crippen LogP contribution in [-0.2, 0) is 11.3 Å². The molecule has 0 radical (unpaired) electrons. The van der Waals surface area contributed by atoms with Gasteiger partial charge in [-0.25, -0.2) is 4.98 Å². The Kier molecular flexibility index (Phi) is 4.06. The van der Waals surface area contributed by atoms with Gasteiger partial charge < -0.3 is 0 Å². The molecule has 0 amide bonds. The van der Waals surface area contributed by atoms with E-state index in [1.807, 2.05) is 11.9 Å². The van der Waals surface area contributed by atoms with Crippen LogP contribution >= 0.6 is 0 Å². The van der Waals surface area contributed by atoms with Gasteiger partial charge in [-0.1, -0.05) is 0 Å². The molecular formula is C12H17F2N3O. The molecule has 2 rings (SSSR count). The van der Waals surface area contributed by atoms with E-state index in [0.717, 1.165) is 17.4 Å². The highest BCUT2D eigenvalue weighted by Gasteiger charge is 2.23. The average Bonchev–Trinajstić information content (AvgIpc) is 2.78. The third-order valence-corrected chi connectivity index (χ3v) is 3.49. The van der Waals surface area contributed by atoms with Crippen molar-refractivity contribution in [2.24, 2.45) is 0 Å². The van der Waals surface area contributed by atoms with Gasteiger partial charge in [0.15, 0.2) is 0 Å². The zero-order chi connectivity index (χ0) is 13.1. The van der Waals surface area contributed by atoms with Crippen LogP contribution in [0, 0.1) is 0 Å². The molecule has 0 aromatic carbocycles. The number of alkyl halides is 2. The van der Waals surface area contributed by atoms with E-state index in [-0.39, 0.29) is 6.04 Å². The van der Waals surface area contributed by atoms with Crippen molar-refractivity contribution < 1.29 is 13.6 Å². The summed E-state index contributed by atoms with van der Waals surface area (Å²) in [5.74, 6) is 0.665. The van der Waals surface area contributed by atoms with Crippen LogP contribution in [0.4, 0.5) is 8.78 Å². The van der Waals surface area contributed by atoms with E-state index in [1.165, 1.54) is 12.4 Å². The summed E-state index contributed by atoms with van der Waals surface area (Å²) in [6.45, 7) is -2.17. The number of imidazole rings is 1. The van der Waals surface area contributed by atoms with Crippen molar-refractivity contribution in [1.29, 1.82) is 0 Å². The highest BCUT2D eigenvalue weighted by Crippen LogP contribution is 2.21. The third kappa shape index (κ3) is 2.93. The van der Waals surface area contributed by atoms with Gasteiger partial charge in [0.05, 0.1) is 6.54 Å². The minimum atomic E-state index is -2.55. The van der Waals surface area contributed by atoms with E-state index in [4.69, 9.17) is 0 Å². The summed E-state index contributed by atoms with van der Waals surface area (Å²) in [6.07, 6.45) is 5.49. The van der Waals surface area contributed by atoms with Gasteiger partial charge in [-0.2, -0.15) is 8.78 Å². The monoisotopic (exact) mass is 257 g/mol. The first-order valence-electron chi connectivity index (χ1n) is 6.09. The van der Waals surface area contributed by atoms with Gasteiger partial charge in [-0.3, -0.25) is 14.3 Å². The van der Waals surface area contributed by atoms with Crippen molar-refractivity contribution in [2.45, 2.75) is 44.8 Å². The summed E-state index contributed by atoms with van der Waals surface area (Å²) in [5.41, 5.74) is 0. The molecule has 0 N–H and O–H groups in total. The summed E-state index contributed by atoms with van der Waals surface area (Å²) in [5, 5.41) is 0. The molecule has 1 aliphatic carbocycles. The molecule has 0 unspecified atom stereocenters. The first kappa shape index (κ1) is 13.1. The highest BCUT2D eigenvalue weighted by molar-refractivity contribution is 5.79. The van der Waals surface area contributed by atoms with E-state index in [9.17, 15) is 13.6 Å². The summed E-state index contributed by atoms with van der Waals surface area (Å²) >= 11 is 0. The first-order valence-corrected chi connectivity index (χ1v) is 6.09. The van der Waals surface area contributed by atoms with Crippen LogP contribution in [0.5, 0.6) is 0 Å². The largest absolute Gasteiger partial charge is 0.319 e. The van der Waals surface area contributed by atoms with E-state index >= 15 is 0 Å². The number of hydrogen-bond acceptors (Lipinski definition) is 3. The Bertz CT molecular complexity index is 409. The average molecular weight is 257 g/mol. The Morgan fingerprint density at radius 3 is 2.78 bits per heavy atom. The van der Waals surface area contributed by atoms with Crippen molar-refractivity contribution in [3.63, 3.8) is 0 Å². The van der Waals surface area contributed by atoms with Crippen molar-refractivity contribution in [2.75, 3.05) is 7.05 Å². The van der Waals surface area contributed by atoms with Gasteiger partial charge in [-0.05, 0) is 19.9 Å². The molecule has 1 fully saturated rings. The van der Waals surface area contributed by atoms with Gasteiger partial charge in [-0.15, -0.1) is 0 Å². The molecule has 1 aromatic heterocycles. The lowest BCUT2D eigenvalue weighted by Crippen LogP contribution is -2.35. The smallest absolute Gasteiger partial charge is 0.300 e. The predicted molar refractivity (Wildman–Crippen MR) is 62.2 cm³/mol. The normalized spacial score (nSPS) is 17.9. The van der Waals surface area contributed by atoms with E-state index in [2.05, 4.69) is 4.98 Å². The van der Waals surface area contributed by atoms with Gasteiger partial charge in [0.1, 0.15) is 11.6 Å². The van der Waals surface area contributed by atoms with E-state index in [1.54, 1.807) is 0 Å². The number of carbonyl (C=O) groups is 1. The summed E-state index contributed by atoms with van der Waals surface area (Å²) in [4.78, 5) is 17.1. The Hall–Kier alpha value is -1.30. The SMILES string of the molecule is CN(Cc1nccn1C(F)F)C1CCC(=O)CC1. The van der Waals surface area contributed by atoms with Crippen LogP contribution in [0.15, 0.2) is 12.4 Å². The van der Waals surface area contributed by atoms with Crippen LogP contribution in [0.3, 0.4) is 0 Å². The van der Waals surface area contributed by atoms with Crippen molar-refractivity contribution in [3.8, 4) is 0 Å². The zero-order valence-electron chi connectivity index (χ0n) is 10.4. The number of rotatable bonds is 4. The molecule has 0 bridgehead atoms. The lowest BCUT2D eigenvalue weighted by Gasteiger charge is -2.30. The van der Waals surface area contributed by atoms with Crippen molar-refractivity contribution in [1.82, 2.24) is 14.5 Å². The van der Waals surface area contributed by atoms with E-state index in [0.29, 0.717) is 31.0 Å². The quantitative estimate of drug-likeness (QED) is 0.830. The molecule has 0 aliphatic heterocycles. The Morgan fingerprint density at radius 1 is 1.50 bits per heavy atom. The zero-order valence-corrected chi connectivity index (χ0v) is 10.4. The second-order valence-electron chi connectivity index (χ2n) is 4.71. The summed E-state index contributed by atoms with van der Waals surface area (Å²) in [6, 6.07) is 0.283. The fourth-order valence-corrected chi connectivity index (χ4v) is 2.36. The number of aromatic nitrogens is 2. The fourth-order valence-electron chi connectivity index (χ4n) is 2.36. The minimum absolute atomic E-state index is 0.283. The predicted octanol–water partition coefficient (Wildman–Crippen LogP) is 2.22. The van der Waals surface area contributed by atoms with Crippen molar-refractivity contribution >= 4 is 5.78 Å². The van der Waals surface area contributed by atoms with Crippen LogP contribution < -0.4 is 0 Å². The van der Waals surface area contributed by atoms with Crippen LogP contribution in [0.25, 0.3) is 0 Å². The van der Waals surface area contributed by atoms with Crippen molar-refractivity contribution in [3.05, 3.63) is 18.2 Å². The lowest BCUT2D eigenvalue weighted by atomic mass is 9.93. The summed E-state index contributed by atoms with van der Waals surface area (Å²) < 4.78 is 26.2. The maximum absolute atomic E-state index is 12.7. The molecular weight excluding hydrogens is 240 g/mol. The Morgan fingerprint density at radius 2 is 2.17 bits per heavy atom. The number of ketones is 1. The second kappa shape index (κ2) is 5.56. The number of hydrogen-bond donors (Lipinski definition) is 0. The Balaban J connectivity index is 1.96. The molecule has 0 atom stereocenters. The number of Topliss-reactive ketones (excluding diaryl/α,β-unsaturated/α-hetero) is 1. The molecule has 4 nitrogen and oxygen atoms in total. The number of nitrogens with zero attached hydrogens (tertiary/aromatic N) is 3. The van der Waals surface area contributed by atoms with Gasteiger partial charge in [0.25, 0.3) is 0 Å². The molecule has 1 heterocycles. The maximum Gasteiger partial charge on any atom is 0.319 e. The summed E-state index contributed by atoms with van der Waals surface area (Å²) in [7, 11) is 1.89. The molecule has 0 spiro atoms.